The summed E-state index contributed by atoms with van der Waals surface area (Å²) < 4.78 is 0. The Bertz CT molecular complexity index is 997. The van der Waals surface area contributed by atoms with Crippen molar-refractivity contribution in [3.8, 4) is 5.75 Å². The van der Waals surface area contributed by atoms with Gasteiger partial charge in [0.1, 0.15) is 11.0 Å². The maximum Gasteiger partial charge on any atom is 0.247 e. The van der Waals surface area contributed by atoms with Gasteiger partial charge in [0.25, 0.3) is 0 Å². The van der Waals surface area contributed by atoms with Crippen molar-refractivity contribution in [1.29, 1.82) is 0 Å². The Morgan fingerprint density at radius 2 is 2.00 bits per heavy atom. The molecule has 0 saturated carbocycles. The summed E-state index contributed by atoms with van der Waals surface area (Å²) in [5.74, 6) is -0.808. The number of benzene rings is 2. The molecule has 1 fully saturated rings. The number of amides is 2. The zero-order valence-corrected chi connectivity index (χ0v) is 16.6. The zero-order valence-electron chi connectivity index (χ0n) is 14.3. The Morgan fingerprint density at radius 1 is 1.25 bits per heavy atom. The summed E-state index contributed by atoms with van der Waals surface area (Å²) in [6, 6.07) is 11.1. The van der Waals surface area contributed by atoms with E-state index >= 15 is 0 Å². The quantitative estimate of drug-likeness (QED) is 0.330. The number of carbonyl (C=O) groups excluding carboxylic acids is 2. The van der Waals surface area contributed by atoms with E-state index in [1.165, 1.54) is 24.4 Å². The molecule has 144 valence electrons. The summed E-state index contributed by atoms with van der Waals surface area (Å²) in [6.07, 6.45) is 1.29. The van der Waals surface area contributed by atoms with E-state index in [2.05, 4.69) is 10.2 Å². The molecule has 0 bridgehead atoms. The van der Waals surface area contributed by atoms with Gasteiger partial charge in [0, 0.05) is 17.0 Å². The van der Waals surface area contributed by atoms with Gasteiger partial charge in [0.05, 0.1) is 16.9 Å². The van der Waals surface area contributed by atoms with Crippen LogP contribution in [0.4, 0.5) is 5.69 Å². The van der Waals surface area contributed by atoms with Crippen molar-refractivity contribution in [2.24, 2.45) is 15.9 Å². The number of amidine groups is 1. The summed E-state index contributed by atoms with van der Waals surface area (Å²) in [5.41, 5.74) is 6.52. The molecule has 1 heterocycles. The third-order valence-corrected chi connectivity index (χ3v) is 5.34. The Labute approximate surface area is 174 Å². The highest BCUT2D eigenvalue weighted by Gasteiger charge is 2.41. The van der Waals surface area contributed by atoms with Crippen LogP contribution in [0.25, 0.3) is 0 Å². The minimum Gasteiger partial charge on any atom is -0.507 e. The van der Waals surface area contributed by atoms with E-state index in [0.717, 1.165) is 16.7 Å². The van der Waals surface area contributed by atoms with Crippen LogP contribution in [0.3, 0.4) is 0 Å². The lowest BCUT2D eigenvalue weighted by Crippen LogP contribution is -2.32. The summed E-state index contributed by atoms with van der Waals surface area (Å²) in [4.78, 5) is 26.0. The van der Waals surface area contributed by atoms with Gasteiger partial charge in [0.15, 0.2) is 5.17 Å². The molecule has 1 saturated heterocycles. The molecule has 1 atom stereocenters. The maximum absolute atomic E-state index is 12.7. The third kappa shape index (κ3) is 4.46. The summed E-state index contributed by atoms with van der Waals surface area (Å²) in [6.45, 7) is 0. The van der Waals surface area contributed by atoms with E-state index < -0.39 is 17.1 Å². The smallest absolute Gasteiger partial charge is 0.247 e. The number of hydrogen-bond donors (Lipinski definition) is 2. The second-order valence-corrected chi connectivity index (χ2v) is 7.78. The zero-order chi connectivity index (χ0) is 20.3. The number of halogens is 2. The Hall–Kier alpha value is -2.55. The number of nitrogens with two attached hydrogens (primary N) is 1. The lowest BCUT2D eigenvalue weighted by molar-refractivity contribution is -0.121. The number of carbonyl (C=O) groups is 2. The molecular formula is C18H14Cl2N4O3S. The standard InChI is InChI=1S/C18H14Cl2N4O3S/c19-11-5-6-12(20)13(7-11)24-16(26)8-15(17(24)27)28-18(21)23-22-9-10-3-1-2-4-14(10)25/h1-7,9,15,25H,8H2,(H2,21,23)/b22-9+. The number of anilines is 1. The fourth-order valence-electron chi connectivity index (χ4n) is 2.52. The minimum absolute atomic E-state index is 0.0110. The SMILES string of the molecule is N/C(=N/N=C/c1ccccc1O)SC1CC(=O)N(c2cc(Cl)ccc2Cl)C1=O. The number of nitrogens with zero attached hydrogens (tertiary/aromatic N) is 3. The predicted molar refractivity (Wildman–Crippen MR) is 112 cm³/mol. The van der Waals surface area contributed by atoms with Crippen molar-refractivity contribution < 1.29 is 14.7 Å². The second kappa shape index (κ2) is 8.64. The molecule has 0 radical (unpaired) electrons. The van der Waals surface area contributed by atoms with E-state index in [1.54, 1.807) is 24.3 Å². The Morgan fingerprint density at radius 3 is 2.75 bits per heavy atom. The van der Waals surface area contributed by atoms with E-state index in [4.69, 9.17) is 28.9 Å². The van der Waals surface area contributed by atoms with Gasteiger partial charge in [-0.05, 0) is 30.3 Å². The van der Waals surface area contributed by atoms with Gasteiger partial charge in [-0.2, -0.15) is 5.10 Å². The second-order valence-electron chi connectivity index (χ2n) is 5.72. The summed E-state index contributed by atoms with van der Waals surface area (Å²) >= 11 is 13.0. The first kappa shape index (κ1) is 20.2. The molecule has 2 amide bonds. The molecule has 7 nitrogen and oxygen atoms in total. The normalized spacial score (nSPS) is 17.7. The largest absolute Gasteiger partial charge is 0.507 e. The number of phenolic OH excluding ortho intramolecular Hbond substituents is 1. The molecule has 2 aromatic carbocycles. The number of imide groups is 1. The highest BCUT2D eigenvalue weighted by atomic mass is 35.5. The van der Waals surface area contributed by atoms with Gasteiger partial charge >= 0.3 is 0 Å². The summed E-state index contributed by atoms with van der Waals surface area (Å²) in [7, 11) is 0. The lowest BCUT2D eigenvalue weighted by atomic mass is 10.2. The Kier molecular flexibility index (Phi) is 6.23. The number of aromatic hydroxyl groups is 1. The first-order valence-electron chi connectivity index (χ1n) is 8.00. The van der Waals surface area contributed by atoms with Crippen molar-refractivity contribution in [3.63, 3.8) is 0 Å². The van der Waals surface area contributed by atoms with Gasteiger partial charge in [-0.3, -0.25) is 9.59 Å². The molecule has 1 unspecified atom stereocenters. The number of hydrogen-bond acceptors (Lipinski definition) is 6. The fourth-order valence-corrected chi connectivity index (χ4v) is 3.71. The molecule has 0 spiro atoms. The molecule has 2 aromatic rings. The van der Waals surface area contributed by atoms with Crippen LogP contribution in [0.2, 0.25) is 10.0 Å². The van der Waals surface area contributed by atoms with Crippen molar-refractivity contribution in [2.75, 3.05) is 4.90 Å². The lowest BCUT2D eigenvalue weighted by Gasteiger charge is -2.16. The van der Waals surface area contributed by atoms with Crippen LogP contribution in [0.5, 0.6) is 5.75 Å². The van der Waals surface area contributed by atoms with E-state index in [9.17, 15) is 14.7 Å². The summed E-state index contributed by atoms with van der Waals surface area (Å²) in [5, 5.41) is 17.1. The first-order valence-corrected chi connectivity index (χ1v) is 9.63. The number of phenols is 1. The fraction of sp³-hybridized carbons (Fsp3) is 0.111. The third-order valence-electron chi connectivity index (χ3n) is 3.81. The van der Waals surface area contributed by atoms with Crippen LogP contribution in [0.15, 0.2) is 52.7 Å². The molecular weight excluding hydrogens is 423 g/mol. The molecule has 10 heteroatoms. The predicted octanol–water partition coefficient (Wildman–Crippen LogP) is 3.41. The number of thioether (sulfide) groups is 1. The molecule has 3 rings (SSSR count). The van der Waals surface area contributed by atoms with Crippen LogP contribution in [0.1, 0.15) is 12.0 Å². The molecule has 0 aliphatic carbocycles. The van der Waals surface area contributed by atoms with Crippen molar-refractivity contribution in [2.45, 2.75) is 11.7 Å². The first-order chi connectivity index (χ1) is 13.4. The van der Waals surface area contributed by atoms with Crippen LogP contribution in [-0.4, -0.2) is 33.6 Å². The molecule has 28 heavy (non-hydrogen) atoms. The van der Waals surface area contributed by atoms with Crippen LogP contribution < -0.4 is 10.6 Å². The topological polar surface area (TPSA) is 108 Å². The van der Waals surface area contributed by atoms with Crippen molar-refractivity contribution >= 4 is 63.8 Å². The molecule has 0 aromatic heterocycles. The van der Waals surface area contributed by atoms with Crippen LogP contribution >= 0.6 is 35.0 Å². The monoisotopic (exact) mass is 436 g/mol. The highest BCUT2D eigenvalue weighted by Crippen LogP contribution is 2.35. The number of para-hydroxylation sites is 1. The average molecular weight is 437 g/mol. The van der Waals surface area contributed by atoms with Gasteiger partial charge in [0.2, 0.25) is 11.8 Å². The van der Waals surface area contributed by atoms with Crippen molar-refractivity contribution in [3.05, 3.63) is 58.1 Å². The Balaban J connectivity index is 1.71. The van der Waals surface area contributed by atoms with Gasteiger partial charge in [-0.1, -0.05) is 47.1 Å². The maximum atomic E-state index is 12.7. The number of rotatable bonds is 4. The highest BCUT2D eigenvalue weighted by molar-refractivity contribution is 8.14. The molecule has 1 aliphatic heterocycles. The van der Waals surface area contributed by atoms with Crippen LogP contribution in [0, 0.1) is 0 Å². The van der Waals surface area contributed by atoms with E-state index in [-0.39, 0.29) is 28.0 Å². The van der Waals surface area contributed by atoms with E-state index in [0.29, 0.717) is 10.6 Å². The minimum atomic E-state index is -0.744. The van der Waals surface area contributed by atoms with E-state index in [1.807, 2.05) is 0 Å². The van der Waals surface area contributed by atoms with Gasteiger partial charge < -0.3 is 10.8 Å². The average Bonchev–Trinajstić information content (AvgIpc) is 2.92. The van der Waals surface area contributed by atoms with Gasteiger partial charge in [-0.25, -0.2) is 4.90 Å². The molecule has 3 N–H and O–H groups in total. The van der Waals surface area contributed by atoms with Gasteiger partial charge in [-0.15, -0.1) is 5.10 Å². The van der Waals surface area contributed by atoms with Crippen molar-refractivity contribution in [1.82, 2.24) is 0 Å². The van der Waals surface area contributed by atoms with Crippen LogP contribution in [-0.2, 0) is 9.59 Å². The molecule has 1 aliphatic rings.